The molecule has 1 aliphatic rings. The summed E-state index contributed by atoms with van der Waals surface area (Å²) in [5.41, 5.74) is 6.19. The summed E-state index contributed by atoms with van der Waals surface area (Å²) >= 11 is 6.17. The molecule has 0 radical (unpaired) electrons. The fourth-order valence-electron chi connectivity index (χ4n) is 4.02. The highest BCUT2D eigenvalue weighted by Crippen LogP contribution is 2.31. The summed E-state index contributed by atoms with van der Waals surface area (Å²) in [6.07, 6.45) is 4.76. The smallest absolute Gasteiger partial charge is 0.160 e. The van der Waals surface area contributed by atoms with Crippen molar-refractivity contribution in [2.45, 2.75) is 32.7 Å². The molecule has 31 heavy (non-hydrogen) atoms. The number of nitrogens with one attached hydrogen (secondary N) is 1. The van der Waals surface area contributed by atoms with Crippen molar-refractivity contribution in [1.82, 2.24) is 15.3 Å². The molecule has 0 bridgehead atoms. The molecule has 160 valence electrons. The Morgan fingerprint density at radius 1 is 1.10 bits per heavy atom. The van der Waals surface area contributed by atoms with Crippen LogP contribution in [0.25, 0.3) is 11.1 Å². The second-order valence-electron chi connectivity index (χ2n) is 7.59. The van der Waals surface area contributed by atoms with Crippen molar-refractivity contribution in [3.05, 3.63) is 81.9 Å². The van der Waals surface area contributed by atoms with E-state index in [4.69, 9.17) is 11.6 Å². The van der Waals surface area contributed by atoms with Crippen molar-refractivity contribution in [1.29, 1.82) is 0 Å². The summed E-state index contributed by atoms with van der Waals surface area (Å²) in [5.74, 6) is -0.157. The fourth-order valence-corrected chi connectivity index (χ4v) is 4.22. The van der Waals surface area contributed by atoms with Crippen LogP contribution in [0.15, 0.2) is 48.9 Å². The minimum atomic E-state index is -0.0846. The lowest BCUT2D eigenvalue weighted by Gasteiger charge is -2.28. The summed E-state index contributed by atoms with van der Waals surface area (Å²) in [4.78, 5) is 32.2. The molecule has 0 saturated heterocycles. The minimum Gasteiger partial charge on any atom is -0.309 e. The molecule has 3 aromatic rings. The maximum atomic E-state index is 12.1. The highest BCUT2D eigenvalue weighted by atomic mass is 35.5. The summed E-state index contributed by atoms with van der Waals surface area (Å²) < 4.78 is 0. The number of carbonyl (C=O) groups excluding carboxylic acids is 2. The number of halogens is 2. The zero-order valence-electron chi connectivity index (χ0n) is 17.3. The van der Waals surface area contributed by atoms with Crippen molar-refractivity contribution in [2.75, 3.05) is 6.54 Å². The van der Waals surface area contributed by atoms with Crippen molar-refractivity contribution in [3.63, 3.8) is 0 Å². The summed E-state index contributed by atoms with van der Waals surface area (Å²) in [6.45, 7) is 3.86. The van der Waals surface area contributed by atoms with Gasteiger partial charge in [-0.3, -0.25) is 9.59 Å². The van der Waals surface area contributed by atoms with Gasteiger partial charge in [-0.1, -0.05) is 35.9 Å². The van der Waals surface area contributed by atoms with Gasteiger partial charge in [0.25, 0.3) is 0 Å². The number of ketones is 2. The Morgan fingerprint density at radius 2 is 1.77 bits per heavy atom. The number of benzene rings is 2. The summed E-state index contributed by atoms with van der Waals surface area (Å²) in [5, 5.41) is 3.99. The van der Waals surface area contributed by atoms with Crippen molar-refractivity contribution >= 4 is 35.6 Å². The molecule has 7 heteroatoms. The van der Waals surface area contributed by atoms with Crippen LogP contribution in [-0.4, -0.2) is 28.1 Å². The van der Waals surface area contributed by atoms with Crippen LogP contribution >= 0.6 is 24.0 Å². The average Bonchev–Trinajstić information content (AvgIpc) is 2.74. The molecule has 2 heterocycles. The van der Waals surface area contributed by atoms with Crippen LogP contribution in [-0.2, 0) is 12.8 Å². The van der Waals surface area contributed by atoms with Crippen LogP contribution in [0, 0.1) is 0 Å². The standard InChI is InChI=1S/C24H22ClN3O2.ClH/c1-14(29)19-10-18-7-8-27-23(21(18)11-20(19)15(2)30)9-16-3-5-17(6-4-16)22-12-26-13-28-24(22)25;/h3-6,10-13,23,27H,7-9H2,1-2H3;1H. The number of Topliss-reactive ketones (excluding diaryl/α,β-unsaturated/α-hetero) is 2. The number of carbonyl (C=O) groups is 2. The monoisotopic (exact) mass is 455 g/mol. The molecular weight excluding hydrogens is 433 g/mol. The fraction of sp³-hybridized carbons (Fsp3) is 0.250. The molecule has 1 N–H and O–H groups in total. The van der Waals surface area contributed by atoms with E-state index < -0.39 is 0 Å². The van der Waals surface area contributed by atoms with Crippen molar-refractivity contribution < 1.29 is 9.59 Å². The summed E-state index contributed by atoms with van der Waals surface area (Å²) in [7, 11) is 0. The number of hydrogen-bond acceptors (Lipinski definition) is 5. The zero-order chi connectivity index (χ0) is 21.3. The topological polar surface area (TPSA) is 72.0 Å². The Kier molecular flexibility index (Phi) is 7.21. The van der Waals surface area contributed by atoms with E-state index in [1.54, 1.807) is 6.20 Å². The third kappa shape index (κ3) is 4.85. The highest BCUT2D eigenvalue weighted by molar-refractivity contribution is 6.32. The van der Waals surface area contributed by atoms with Gasteiger partial charge >= 0.3 is 0 Å². The van der Waals surface area contributed by atoms with Crippen LogP contribution in [0.1, 0.15) is 57.3 Å². The normalized spacial score (nSPS) is 15.0. The molecule has 1 aliphatic heterocycles. The minimum absolute atomic E-state index is 0. The number of fused-ring (bicyclic) bond motifs is 1. The van der Waals surface area contributed by atoms with E-state index in [2.05, 4.69) is 27.4 Å². The number of rotatable bonds is 5. The first-order valence-corrected chi connectivity index (χ1v) is 10.3. The SMILES string of the molecule is CC(=O)c1cc2c(cc1C(C)=O)C(Cc1ccc(-c3cncnc3Cl)cc1)NCC2.Cl. The van der Waals surface area contributed by atoms with Crippen LogP contribution < -0.4 is 5.32 Å². The third-order valence-corrected chi connectivity index (χ3v) is 5.87. The molecule has 4 rings (SSSR count). The third-order valence-electron chi connectivity index (χ3n) is 5.57. The van der Waals surface area contributed by atoms with Gasteiger partial charge in [0, 0.05) is 28.9 Å². The second kappa shape index (κ2) is 9.69. The van der Waals surface area contributed by atoms with Gasteiger partial charge in [-0.05, 0) is 67.6 Å². The Balaban J connectivity index is 0.00000272. The van der Waals surface area contributed by atoms with E-state index in [1.165, 1.54) is 20.2 Å². The van der Waals surface area contributed by atoms with Crippen LogP contribution in [0.3, 0.4) is 0 Å². The zero-order valence-corrected chi connectivity index (χ0v) is 18.9. The van der Waals surface area contributed by atoms with Gasteiger partial charge in [0.05, 0.1) is 0 Å². The lowest BCUT2D eigenvalue weighted by Crippen LogP contribution is -2.32. The van der Waals surface area contributed by atoms with Gasteiger partial charge in [-0.15, -0.1) is 12.4 Å². The molecule has 0 fully saturated rings. The van der Waals surface area contributed by atoms with E-state index in [9.17, 15) is 9.59 Å². The first-order chi connectivity index (χ1) is 14.4. The lowest BCUT2D eigenvalue weighted by molar-refractivity contribution is 0.0980. The highest BCUT2D eigenvalue weighted by Gasteiger charge is 2.24. The molecule has 1 aromatic heterocycles. The van der Waals surface area contributed by atoms with Gasteiger partial charge in [0.1, 0.15) is 11.5 Å². The Hall–Kier alpha value is -2.60. The molecule has 2 aromatic carbocycles. The van der Waals surface area contributed by atoms with Crippen LogP contribution in [0.5, 0.6) is 0 Å². The maximum absolute atomic E-state index is 12.1. The molecule has 5 nitrogen and oxygen atoms in total. The Bertz CT molecular complexity index is 1130. The van der Waals surface area contributed by atoms with Crippen LogP contribution in [0.4, 0.5) is 0 Å². The largest absolute Gasteiger partial charge is 0.309 e. The summed E-state index contributed by atoms with van der Waals surface area (Å²) in [6, 6.07) is 12.1. The van der Waals surface area contributed by atoms with Crippen molar-refractivity contribution in [2.24, 2.45) is 0 Å². The predicted molar refractivity (Wildman–Crippen MR) is 124 cm³/mol. The Morgan fingerprint density at radius 3 is 2.42 bits per heavy atom. The van der Waals surface area contributed by atoms with Crippen LogP contribution in [0.2, 0.25) is 5.15 Å². The number of hydrogen-bond donors (Lipinski definition) is 1. The first-order valence-electron chi connectivity index (χ1n) is 9.91. The van der Waals surface area contributed by atoms with Gasteiger partial charge in [-0.25, -0.2) is 9.97 Å². The average molecular weight is 456 g/mol. The molecule has 0 aliphatic carbocycles. The molecule has 0 spiro atoms. The Labute approximate surface area is 192 Å². The van der Waals surface area contributed by atoms with Crippen molar-refractivity contribution in [3.8, 4) is 11.1 Å². The number of nitrogens with zero attached hydrogens (tertiary/aromatic N) is 2. The first kappa shape index (κ1) is 23.1. The lowest BCUT2D eigenvalue weighted by atomic mass is 9.85. The van der Waals surface area contributed by atoms with Gasteiger partial charge in [0.15, 0.2) is 11.6 Å². The van der Waals surface area contributed by atoms with E-state index in [1.807, 2.05) is 24.3 Å². The quantitative estimate of drug-likeness (QED) is 0.430. The van der Waals surface area contributed by atoms with E-state index in [0.717, 1.165) is 47.2 Å². The van der Waals surface area contributed by atoms with Gasteiger partial charge in [-0.2, -0.15) is 0 Å². The molecule has 0 amide bonds. The number of aromatic nitrogens is 2. The van der Waals surface area contributed by atoms with E-state index >= 15 is 0 Å². The van der Waals surface area contributed by atoms with E-state index in [0.29, 0.717) is 16.3 Å². The van der Waals surface area contributed by atoms with Gasteiger partial charge < -0.3 is 5.32 Å². The van der Waals surface area contributed by atoms with E-state index in [-0.39, 0.29) is 30.0 Å². The molecule has 1 unspecified atom stereocenters. The molecule has 0 saturated carbocycles. The van der Waals surface area contributed by atoms with Gasteiger partial charge in [0.2, 0.25) is 0 Å². The maximum Gasteiger partial charge on any atom is 0.160 e. The second-order valence-corrected chi connectivity index (χ2v) is 7.95. The predicted octanol–water partition coefficient (Wildman–Crippen LogP) is 5.05. The molecule has 1 atom stereocenters. The molecular formula is C24H23Cl2N3O2.